The highest BCUT2D eigenvalue weighted by atomic mass is 16.6. The van der Waals surface area contributed by atoms with Crippen LogP contribution in [-0.4, -0.2) is 37.2 Å². The van der Waals surface area contributed by atoms with Crippen molar-refractivity contribution in [3.05, 3.63) is 122 Å². The topological polar surface area (TPSA) is 78.9 Å². The van der Waals surface area contributed by atoms with Crippen LogP contribution in [-0.2, 0) is 28.6 Å². The Bertz CT molecular complexity index is 1600. The van der Waals surface area contributed by atoms with E-state index in [4.69, 9.17) is 14.2 Å². The summed E-state index contributed by atoms with van der Waals surface area (Å²) in [5.41, 5.74) is 0. The van der Waals surface area contributed by atoms with Gasteiger partial charge in [0.05, 0.1) is 0 Å². The Labute approximate surface area is 475 Å². The number of ether oxygens (including phenoxy) is 3. The van der Waals surface area contributed by atoms with Gasteiger partial charge >= 0.3 is 17.9 Å². The fraction of sp³-hybridized carbons (Fsp3) is 0.676. The second-order valence-corrected chi connectivity index (χ2v) is 20.9. The summed E-state index contributed by atoms with van der Waals surface area (Å²) in [7, 11) is 0. The lowest BCUT2D eigenvalue weighted by Crippen LogP contribution is -2.30. The molecule has 0 bridgehead atoms. The number of unbranched alkanes of at least 4 members (excludes halogenated alkanes) is 26. The van der Waals surface area contributed by atoms with Gasteiger partial charge in [0, 0.05) is 19.3 Å². The summed E-state index contributed by atoms with van der Waals surface area (Å²) in [6, 6.07) is 0. The van der Waals surface area contributed by atoms with E-state index in [9.17, 15) is 14.4 Å². The molecule has 0 amide bonds. The molecule has 6 nitrogen and oxygen atoms in total. The molecular weight excluding hydrogens is 949 g/mol. The van der Waals surface area contributed by atoms with Crippen LogP contribution in [0.5, 0.6) is 0 Å². The molecule has 1 atom stereocenters. The van der Waals surface area contributed by atoms with Gasteiger partial charge in [-0.15, -0.1) is 0 Å². The smallest absolute Gasteiger partial charge is 0.306 e. The molecule has 0 aliphatic rings. The number of carbonyl (C=O) groups is 3. The second-order valence-electron chi connectivity index (χ2n) is 20.9. The van der Waals surface area contributed by atoms with E-state index in [0.29, 0.717) is 19.3 Å². The minimum atomic E-state index is -0.783. The predicted octanol–water partition coefficient (Wildman–Crippen LogP) is 22.0. The van der Waals surface area contributed by atoms with E-state index in [2.05, 4.69) is 142 Å². The molecule has 0 aromatic heterocycles. The first-order chi connectivity index (χ1) is 38.0. The van der Waals surface area contributed by atoms with E-state index in [1.54, 1.807) is 0 Å². The van der Waals surface area contributed by atoms with Crippen molar-refractivity contribution in [3.8, 4) is 0 Å². The zero-order valence-electron chi connectivity index (χ0n) is 50.2. The average molecular weight is 1070 g/mol. The lowest BCUT2D eigenvalue weighted by molar-refractivity contribution is -0.167. The summed E-state index contributed by atoms with van der Waals surface area (Å²) in [5.74, 6) is -0.907. The first kappa shape index (κ1) is 72.8. The first-order valence-electron chi connectivity index (χ1n) is 32.0. The van der Waals surface area contributed by atoms with E-state index >= 15 is 0 Å². The van der Waals surface area contributed by atoms with Crippen LogP contribution in [0.3, 0.4) is 0 Å². The SMILES string of the molecule is CC/C=C\C/C=C\C/C=C\C/C=C\C/C=C\C/C=C\C/C=C\C/C=C\CCCCCCCCCCC(=O)OCC(COC(=O)CCCCCCC)OC(=O)CCCCCCCCCCC/C=C\C/C=C\CCCCCCC. The van der Waals surface area contributed by atoms with Crippen molar-refractivity contribution in [3.63, 3.8) is 0 Å². The van der Waals surface area contributed by atoms with Crippen LogP contribution in [0.15, 0.2) is 122 Å². The van der Waals surface area contributed by atoms with Crippen molar-refractivity contribution in [1.82, 2.24) is 0 Å². The van der Waals surface area contributed by atoms with Crippen molar-refractivity contribution >= 4 is 17.9 Å². The van der Waals surface area contributed by atoms with Crippen molar-refractivity contribution in [1.29, 1.82) is 0 Å². The summed E-state index contributed by atoms with van der Waals surface area (Å²) in [4.78, 5) is 37.9. The molecule has 0 fully saturated rings. The van der Waals surface area contributed by atoms with Gasteiger partial charge in [0.25, 0.3) is 0 Å². The number of hydrogen-bond acceptors (Lipinski definition) is 6. The molecular formula is C71H118O6. The molecule has 0 saturated heterocycles. The van der Waals surface area contributed by atoms with E-state index in [1.807, 2.05) is 0 Å². The Hall–Kier alpha value is -4.19. The van der Waals surface area contributed by atoms with Crippen molar-refractivity contribution < 1.29 is 28.6 Å². The van der Waals surface area contributed by atoms with Crippen LogP contribution in [0.25, 0.3) is 0 Å². The lowest BCUT2D eigenvalue weighted by atomic mass is 10.1. The summed E-state index contributed by atoms with van der Waals surface area (Å²) in [5, 5.41) is 0. The van der Waals surface area contributed by atoms with Gasteiger partial charge < -0.3 is 14.2 Å². The van der Waals surface area contributed by atoms with Gasteiger partial charge in [0.2, 0.25) is 0 Å². The van der Waals surface area contributed by atoms with E-state index in [-0.39, 0.29) is 31.1 Å². The summed E-state index contributed by atoms with van der Waals surface area (Å²) < 4.78 is 16.8. The molecule has 438 valence electrons. The molecule has 0 radical (unpaired) electrons. The third-order valence-electron chi connectivity index (χ3n) is 13.5. The van der Waals surface area contributed by atoms with Gasteiger partial charge in [-0.25, -0.2) is 0 Å². The normalized spacial score (nSPS) is 12.9. The quantitative estimate of drug-likeness (QED) is 0.0261. The van der Waals surface area contributed by atoms with Crippen LogP contribution < -0.4 is 0 Å². The molecule has 0 aromatic carbocycles. The van der Waals surface area contributed by atoms with Crippen LogP contribution >= 0.6 is 0 Å². The van der Waals surface area contributed by atoms with Gasteiger partial charge in [-0.2, -0.15) is 0 Å². The Balaban J connectivity index is 4.08. The molecule has 0 spiro atoms. The van der Waals surface area contributed by atoms with Gasteiger partial charge in [-0.05, 0) is 116 Å². The maximum atomic E-state index is 12.8. The average Bonchev–Trinajstić information content (AvgIpc) is 3.43. The fourth-order valence-electron chi connectivity index (χ4n) is 8.67. The maximum absolute atomic E-state index is 12.8. The lowest BCUT2D eigenvalue weighted by Gasteiger charge is -2.18. The molecule has 0 rings (SSSR count). The number of rotatable bonds is 57. The number of hydrogen-bond donors (Lipinski definition) is 0. The highest BCUT2D eigenvalue weighted by Gasteiger charge is 2.19. The molecule has 0 N–H and O–H groups in total. The monoisotopic (exact) mass is 1070 g/mol. The molecule has 0 aliphatic carbocycles. The Morgan fingerprint density at radius 1 is 0.273 bits per heavy atom. The minimum Gasteiger partial charge on any atom is -0.462 e. The Morgan fingerprint density at radius 2 is 0.506 bits per heavy atom. The molecule has 0 heterocycles. The van der Waals surface area contributed by atoms with Gasteiger partial charge in [-0.1, -0.05) is 277 Å². The highest BCUT2D eigenvalue weighted by molar-refractivity contribution is 5.71. The Morgan fingerprint density at radius 3 is 0.792 bits per heavy atom. The third-order valence-corrected chi connectivity index (χ3v) is 13.5. The van der Waals surface area contributed by atoms with Crippen molar-refractivity contribution in [2.45, 2.75) is 297 Å². The second kappa shape index (κ2) is 64.3. The fourth-order valence-corrected chi connectivity index (χ4v) is 8.67. The maximum Gasteiger partial charge on any atom is 0.306 e. The molecule has 77 heavy (non-hydrogen) atoms. The highest BCUT2D eigenvalue weighted by Crippen LogP contribution is 2.15. The van der Waals surface area contributed by atoms with Crippen LogP contribution in [0, 0.1) is 0 Å². The summed E-state index contributed by atoms with van der Waals surface area (Å²) >= 11 is 0. The minimum absolute atomic E-state index is 0.0836. The summed E-state index contributed by atoms with van der Waals surface area (Å²) in [6.45, 7) is 6.43. The van der Waals surface area contributed by atoms with Gasteiger partial charge in [0.15, 0.2) is 6.10 Å². The number of esters is 3. The predicted molar refractivity (Wildman–Crippen MR) is 334 cm³/mol. The van der Waals surface area contributed by atoms with Crippen LogP contribution in [0.4, 0.5) is 0 Å². The van der Waals surface area contributed by atoms with Gasteiger partial charge in [0.1, 0.15) is 13.2 Å². The zero-order valence-corrected chi connectivity index (χ0v) is 50.2. The van der Waals surface area contributed by atoms with Crippen LogP contribution in [0.2, 0.25) is 0 Å². The molecule has 1 unspecified atom stereocenters. The van der Waals surface area contributed by atoms with Crippen LogP contribution in [0.1, 0.15) is 290 Å². The van der Waals surface area contributed by atoms with E-state index in [1.165, 1.54) is 122 Å². The first-order valence-corrected chi connectivity index (χ1v) is 32.0. The summed E-state index contributed by atoms with van der Waals surface area (Å²) in [6.07, 6.45) is 89.6. The van der Waals surface area contributed by atoms with Crippen molar-refractivity contribution in [2.24, 2.45) is 0 Å². The standard InChI is InChI=1S/C71H118O6/c1-4-7-10-13-15-17-19-21-23-25-27-29-30-31-32-33-34-35-36-37-38-39-40-42-43-45-47-49-51-53-55-58-61-64-70(73)76-67-68(66-75-69(72)63-60-57-12-9-6-3)77-71(74)65-62-59-56-54-52-50-48-46-44-41-28-26-24-22-20-18-16-14-11-8-5-2/h7,10,15,17,20-23,26-29,31-32,34-35,37-38,40,42,68H,4-6,8-9,11-14,16,18-19,24-25,30,33,36,39,41,43-67H2,1-3H3/b10-7-,17-15-,22-20-,23-21-,28-26-,29-27-,32-31-,35-34-,38-37-,42-40-. The van der Waals surface area contributed by atoms with E-state index < -0.39 is 6.10 Å². The van der Waals surface area contributed by atoms with Crippen molar-refractivity contribution in [2.75, 3.05) is 13.2 Å². The Kier molecular flexibility index (Phi) is 60.8. The van der Waals surface area contributed by atoms with E-state index in [0.717, 1.165) is 128 Å². The molecule has 0 aromatic rings. The number of allylic oxidation sites excluding steroid dienone is 20. The third kappa shape index (κ3) is 62.5. The largest absolute Gasteiger partial charge is 0.462 e. The molecule has 6 heteroatoms. The zero-order chi connectivity index (χ0) is 55.7. The number of carbonyl (C=O) groups excluding carboxylic acids is 3. The molecule has 0 saturated carbocycles. The van der Waals surface area contributed by atoms with Gasteiger partial charge in [-0.3, -0.25) is 14.4 Å². The molecule has 0 aliphatic heterocycles.